The zero-order valence-electron chi connectivity index (χ0n) is 11.4. The first kappa shape index (κ1) is 13.1. The van der Waals surface area contributed by atoms with Gasteiger partial charge in [-0.1, -0.05) is 77.5 Å². The van der Waals surface area contributed by atoms with Gasteiger partial charge in [0.05, 0.1) is 0 Å². The molecule has 0 amide bonds. The van der Waals surface area contributed by atoms with E-state index in [1.807, 2.05) is 0 Å². The van der Waals surface area contributed by atoms with Crippen molar-refractivity contribution in [3.63, 3.8) is 0 Å². The van der Waals surface area contributed by atoms with Gasteiger partial charge in [0, 0.05) is 0 Å². The fourth-order valence-corrected chi connectivity index (χ4v) is 3.13. The molecule has 1 rings (SSSR count). The summed E-state index contributed by atoms with van der Waals surface area (Å²) in [7, 11) is 2.53. The van der Waals surface area contributed by atoms with Gasteiger partial charge in [0.25, 0.3) is 0 Å². The maximum atomic E-state index is 2.53. The lowest BCUT2D eigenvalue weighted by Crippen LogP contribution is -2.29. The van der Waals surface area contributed by atoms with Crippen molar-refractivity contribution in [1.82, 2.24) is 0 Å². The van der Waals surface area contributed by atoms with Crippen molar-refractivity contribution in [1.29, 1.82) is 0 Å². The maximum absolute atomic E-state index is 2.53. The summed E-state index contributed by atoms with van der Waals surface area (Å²) in [4.78, 5) is 0. The molecule has 0 aromatic carbocycles. The van der Waals surface area contributed by atoms with E-state index in [-0.39, 0.29) is 0 Å². The second-order valence-electron chi connectivity index (χ2n) is 6.46. The van der Waals surface area contributed by atoms with Crippen molar-refractivity contribution in [2.75, 3.05) is 0 Å². The summed E-state index contributed by atoms with van der Waals surface area (Å²) in [6, 6.07) is 0. The Morgan fingerprint density at radius 2 is 1.67 bits per heavy atom. The molecule has 0 spiro atoms. The second kappa shape index (κ2) is 5.41. The van der Waals surface area contributed by atoms with Gasteiger partial charge in [0.15, 0.2) is 0 Å². The Hall–Kier alpha value is 0.0649. The Kier molecular flexibility index (Phi) is 4.74. The highest BCUT2D eigenvalue weighted by Gasteiger charge is 2.41. The molecule has 1 heteroatoms. The van der Waals surface area contributed by atoms with Crippen LogP contribution in [0.3, 0.4) is 0 Å². The van der Waals surface area contributed by atoms with E-state index in [0.29, 0.717) is 10.7 Å². The van der Waals surface area contributed by atoms with Gasteiger partial charge in [0.1, 0.15) is 7.85 Å². The quantitative estimate of drug-likeness (QED) is 0.449. The first-order valence-corrected chi connectivity index (χ1v) is 7.02. The molecule has 0 heterocycles. The van der Waals surface area contributed by atoms with Crippen molar-refractivity contribution in [3.8, 4) is 0 Å². The lowest BCUT2D eigenvalue weighted by molar-refractivity contribution is 0.210. The third-order valence-corrected chi connectivity index (χ3v) is 5.00. The van der Waals surface area contributed by atoms with Crippen LogP contribution in [-0.2, 0) is 0 Å². The van der Waals surface area contributed by atoms with Crippen LogP contribution < -0.4 is 0 Å². The van der Waals surface area contributed by atoms with Gasteiger partial charge in [0.2, 0.25) is 0 Å². The smallest absolute Gasteiger partial charge is 0.0654 e. The van der Waals surface area contributed by atoms with Crippen molar-refractivity contribution in [2.45, 2.75) is 83.9 Å². The third-order valence-electron chi connectivity index (χ3n) is 5.00. The highest BCUT2D eigenvalue weighted by molar-refractivity contribution is 6.16. The van der Waals surface area contributed by atoms with Gasteiger partial charge in [-0.25, -0.2) is 0 Å². The van der Waals surface area contributed by atoms with E-state index < -0.39 is 0 Å². The monoisotopic (exact) mass is 208 g/mol. The molecule has 0 aromatic rings. The van der Waals surface area contributed by atoms with Gasteiger partial charge in [-0.3, -0.25) is 0 Å². The van der Waals surface area contributed by atoms with Crippen LogP contribution in [0.25, 0.3) is 0 Å². The fourth-order valence-electron chi connectivity index (χ4n) is 3.13. The molecule has 0 radical (unpaired) electrons. The van der Waals surface area contributed by atoms with Crippen LogP contribution in [0.5, 0.6) is 0 Å². The van der Waals surface area contributed by atoms with E-state index in [1.54, 1.807) is 0 Å². The Labute approximate surface area is 97.6 Å². The third kappa shape index (κ3) is 3.26. The van der Waals surface area contributed by atoms with Gasteiger partial charge in [-0.05, 0) is 11.8 Å². The summed E-state index contributed by atoms with van der Waals surface area (Å²) in [5, 5.41) is 0.638. The number of hydrogen-bond acceptors (Lipinski definition) is 0. The highest BCUT2D eigenvalue weighted by Crippen LogP contribution is 2.57. The van der Waals surface area contributed by atoms with Gasteiger partial charge in [-0.15, -0.1) is 0 Å². The molecule has 0 saturated heterocycles. The molecular weight excluding hydrogens is 179 g/mol. The molecule has 1 aliphatic carbocycles. The Morgan fingerprint density at radius 1 is 1.07 bits per heavy atom. The van der Waals surface area contributed by atoms with Gasteiger partial charge >= 0.3 is 0 Å². The largest absolute Gasteiger partial charge is 0.110 e. The molecule has 15 heavy (non-hydrogen) atoms. The zero-order chi connectivity index (χ0) is 11.4. The van der Waals surface area contributed by atoms with Crippen LogP contribution >= 0.6 is 0 Å². The first-order valence-electron chi connectivity index (χ1n) is 7.02. The Bertz CT molecular complexity index is 178. The van der Waals surface area contributed by atoms with Gasteiger partial charge < -0.3 is 0 Å². The highest BCUT2D eigenvalue weighted by atomic mass is 14.4. The molecule has 0 aromatic heterocycles. The average Bonchev–Trinajstić information content (AvgIpc) is 2.62. The van der Waals surface area contributed by atoms with E-state index in [0.717, 1.165) is 0 Å². The lowest BCUT2D eigenvalue weighted by atomic mass is 9.51. The fraction of sp³-hybridized carbons (Fsp3) is 1.00. The summed E-state index contributed by atoms with van der Waals surface area (Å²) in [6.45, 7) is 7.30. The standard InChI is InChI=1S/C14H29B/c1-4-5-6-7-10-13(2,3)14(15)11-8-9-12-14/h4-12,15H2,1-3H3. The summed E-state index contributed by atoms with van der Waals surface area (Å²) in [5.74, 6) is 0. The SMILES string of the molecule is BC1(C(C)(C)CCCCCC)CCCC1. The summed E-state index contributed by atoms with van der Waals surface area (Å²) >= 11 is 0. The van der Waals surface area contributed by atoms with E-state index in [2.05, 4.69) is 28.6 Å². The lowest BCUT2D eigenvalue weighted by Gasteiger charge is -2.42. The molecule has 0 atom stereocenters. The minimum atomic E-state index is 0.567. The van der Waals surface area contributed by atoms with E-state index >= 15 is 0 Å². The molecule has 1 fully saturated rings. The maximum Gasteiger partial charge on any atom is 0.110 e. The molecule has 0 N–H and O–H groups in total. The van der Waals surface area contributed by atoms with Crippen LogP contribution in [0.1, 0.15) is 78.6 Å². The normalized spacial score (nSPS) is 20.7. The summed E-state index contributed by atoms with van der Waals surface area (Å²) in [6.07, 6.45) is 13.0. The molecule has 0 aliphatic heterocycles. The molecule has 88 valence electrons. The van der Waals surface area contributed by atoms with E-state index in [9.17, 15) is 0 Å². The van der Waals surface area contributed by atoms with E-state index in [1.165, 1.54) is 57.8 Å². The van der Waals surface area contributed by atoms with Crippen molar-refractivity contribution in [3.05, 3.63) is 0 Å². The summed E-state index contributed by atoms with van der Waals surface area (Å²) in [5.41, 5.74) is 0.567. The van der Waals surface area contributed by atoms with Gasteiger partial charge in [-0.2, -0.15) is 0 Å². The Morgan fingerprint density at radius 3 is 2.20 bits per heavy atom. The minimum Gasteiger partial charge on any atom is -0.0654 e. The van der Waals surface area contributed by atoms with Crippen LogP contribution in [-0.4, -0.2) is 7.85 Å². The average molecular weight is 208 g/mol. The molecule has 0 nitrogen and oxygen atoms in total. The molecule has 1 aliphatic rings. The van der Waals surface area contributed by atoms with Crippen LogP contribution in [0, 0.1) is 5.41 Å². The second-order valence-corrected chi connectivity index (χ2v) is 6.46. The van der Waals surface area contributed by atoms with Crippen molar-refractivity contribution < 1.29 is 0 Å². The van der Waals surface area contributed by atoms with Crippen molar-refractivity contribution >= 4 is 7.85 Å². The predicted molar refractivity (Wildman–Crippen MR) is 72.2 cm³/mol. The topological polar surface area (TPSA) is 0 Å². The molecule has 0 bridgehead atoms. The summed E-state index contributed by atoms with van der Waals surface area (Å²) < 4.78 is 0. The van der Waals surface area contributed by atoms with Crippen LogP contribution in [0.4, 0.5) is 0 Å². The number of rotatable bonds is 6. The van der Waals surface area contributed by atoms with Crippen LogP contribution in [0.15, 0.2) is 0 Å². The number of hydrogen-bond donors (Lipinski definition) is 0. The zero-order valence-corrected chi connectivity index (χ0v) is 11.4. The predicted octanol–water partition coefficient (Wildman–Crippen LogP) is 4.35. The van der Waals surface area contributed by atoms with Crippen LogP contribution in [0.2, 0.25) is 5.31 Å². The van der Waals surface area contributed by atoms with Crippen molar-refractivity contribution in [2.24, 2.45) is 5.41 Å². The number of unbranched alkanes of at least 4 members (excludes halogenated alkanes) is 3. The first-order chi connectivity index (χ1) is 7.02. The molecule has 1 saturated carbocycles. The minimum absolute atomic E-state index is 0.567. The van der Waals surface area contributed by atoms with E-state index in [4.69, 9.17) is 0 Å². The Balaban J connectivity index is 2.36. The molecular formula is C14H29B. The molecule has 0 unspecified atom stereocenters.